The van der Waals surface area contributed by atoms with Crippen molar-refractivity contribution in [3.05, 3.63) is 45.9 Å². The maximum atomic E-state index is 5.48. The van der Waals surface area contributed by atoms with Crippen LogP contribution >= 0.6 is 11.3 Å². The number of benzene rings is 1. The van der Waals surface area contributed by atoms with E-state index in [9.17, 15) is 0 Å². The average molecular weight is 307 g/mol. The van der Waals surface area contributed by atoms with Gasteiger partial charge in [-0.25, -0.2) is 0 Å². The fourth-order valence-corrected chi connectivity index (χ4v) is 2.82. The molecule has 2 rings (SSSR count). The van der Waals surface area contributed by atoms with Gasteiger partial charge in [0.1, 0.15) is 16.6 Å². The van der Waals surface area contributed by atoms with Gasteiger partial charge < -0.3 is 14.8 Å². The summed E-state index contributed by atoms with van der Waals surface area (Å²) in [4.78, 5) is 0. The van der Waals surface area contributed by atoms with Crippen molar-refractivity contribution in [3.63, 3.8) is 0 Å². The van der Waals surface area contributed by atoms with Crippen molar-refractivity contribution in [1.82, 2.24) is 15.5 Å². The minimum Gasteiger partial charge on any atom is -0.382 e. The Balaban J connectivity index is 2.02. The van der Waals surface area contributed by atoms with E-state index in [1.165, 1.54) is 5.56 Å². The summed E-state index contributed by atoms with van der Waals surface area (Å²) in [7, 11) is 1.66. The van der Waals surface area contributed by atoms with Crippen LogP contribution in [0.2, 0.25) is 0 Å². The second kappa shape index (κ2) is 8.84. The number of hydrogen-bond donors (Lipinski definition) is 1. The minimum absolute atomic E-state index is 0.0847. The van der Waals surface area contributed by atoms with Crippen molar-refractivity contribution < 1.29 is 9.47 Å². The van der Waals surface area contributed by atoms with Crippen LogP contribution in [0.5, 0.6) is 0 Å². The predicted octanol–water partition coefficient (Wildman–Crippen LogP) is 2.40. The Kier molecular flexibility index (Phi) is 6.75. The highest BCUT2D eigenvalue weighted by Crippen LogP contribution is 2.25. The molecule has 0 aliphatic heterocycles. The molecule has 0 bridgehead atoms. The lowest BCUT2D eigenvalue weighted by atomic mass is 10.1. The minimum atomic E-state index is 0.0847. The monoisotopic (exact) mass is 307 g/mol. The van der Waals surface area contributed by atoms with Gasteiger partial charge in [-0.1, -0.05) is 48.6 Å². The summed E-state index contributed by atoms with van der Waals surface area (Å²) in [5, 5.41) is 13.8. The maximum Gasteiger partial charge on any atom is 0.143 e. The van der Waals surface area contributed by atoms with Crippen LogP contribution < -0.4 is 5.32 Å². The van der Waals surface area contributed by atoms with Gasteiger partial charge in [0.2, 0.25) is 0 Å². The Hall–Kier alpha value is -1.34. The van der Waals surface area contributed by atoms with E-state index in [1.807, 2.05) is 18.2 Å². The third-order valence-electron chi connectivity index (χ3n) is 2.93. The summed E-state index contributed by atoms with van der Waals surface area (Å²) in [5.74, 6) is 0. The molecule has 1 N–H and O–H groups in total. The van der Waals surface area contributed by atoms with E-state index in [0.717, 1.165) is 16.6 Å². The molecule has 0 aliphatic carbocycles. The topological polar surface area (TPSA) is 56.3 Å². The first kappa shape index (κ1) is 16.0. The summed E-state index contributed by atoms with van der Waals surface area (Å²) >= 11 is 1.58. The van der Waals surface area contributed by atoms with Crippen LogP contribution in [0.3, 0.4) is 0 Å². The van der Waals surface area contributed by atoms with E-state index in [0.29, 0.717) is 19.8 Å². The molecule has 0 spiro atoms. The van der Waals surface area contributed by atoms with Gasteiger partial charge in [-0.05, 0) is 12.1 Å². The van der Waals surface area contributed by atoms with Crippen molar-refractivity contribution in [2.75, 3.05) is 26.9 Å². The van der Waals surface area contributed by atoms with Gasteiger partial charge in [0.25, 0.3) is 0 Å². The van der Waals surface area contributed by atoms with Crippen molar-refractivity contribution in [2.24, 2.45) is 0 Å². The molecule has 6 heteroatoms. The second-order valence-corrected chi connectivity index (χ2v) is 5.57. The highest BCUT2D eigenvalue weighted by molar-refractivity contribution is 7.11. The fraction of sp³-hybridized carbons (Fsp3) is 0.467. The van der Waals surface area contributed by atoms with Crippen LogP contribution in [0.1, 0.15) is 28.5 Å². The Morgan fingerprint density at radius 3 is 2.71 bits per heavy atom. The van der Waals surface area contributed by atoms with E-state index >= 15 is 0 Å². The second-order valence-electron chi connectivity index (χ2n) is 4.48. The van der Waals surface area contributed by atoms with Crippen LogP contribution in [0, 0.1) is 0 Å². The molecule has 114 valence electrons. The number of methoxy groups -OCH3 is 1. The summed E-state index contributed by atoms with van der Waals surface area (Å²) in [6, 6.07) is 10.4. The Bertz CT molecular complexity index is 519. The third kappa shape index (κ3) is 4.86. The van der Waals surface area contributed by atoms with Crippen LogP contribution in [0.15, 0.2) is 30.3 Å². The Morgan fingerprint density at radius 1 is 1.19 bits per heavy atom. The molecule has 0 aliphatic rings. The zero-order chi connectivity index (χ0) is 14.9. The Labute approximate surface area is 129 Å². The molecular weight excluding hydrogens is 286 g/mol. The average Bonchev–Trinajstić information content (AvgIpc) is 2.98. The van der Waals surface area contributed by atoms with Gasteiger partial charge in [-0.15, -0.1) is 10.2 Å². The zero-order valence-electron chi connectivity index (χ0n) is 12.4. The van der Waals surface area contributed by atoms with E-state index in [4.69, 9.17) is 9.47 Å². The molecule has 5 nitrogen and oxygen atoms in total. The lowest BCUT2D eigenvalue weighted by molar-refractivity contribution is 0.0613. The molecule has 0 fully saturated rings. The quantitative estimate of drug-likeness (QED) is 0.721. The third-order valence-corrected chi connectivity index (χ3v) is 3.89. The van der Waals surface area contributed by atoms with Crippen LogP contribution in [-0.2, 0) is 16.1 Å². The van der Waals surface area contributed by atoms with E-state index in [-0.39, 0.29) is 6.04 Å². The van der Waals surface area contributed by atoms with Gasteiger partial charge in [-0.3, -0.25) is 0 Å². The van der Waals surface area contributed by atoms with Gasteiger partial charge >= 0.3 is 0 Å². The van der Waals surface area contributed by atoms with Crippen molar-refractivity contribution >= 4 is 11.3 Å². The number of ether oxygens (including phenoxy) is 2. The molecule has 2 aromatic rings. The van der Waals surface area contributed by atoms with Crippen molar-refractivity contribution in [2.45, 2.75) is 19.6 Å². The van der Waals surface area contributed by atoms with Gasteiger partial charge in [-0.2, -0.15) is 0 Å². The molecule has 1 atom stereocenters. The highest BCUT2D eigenvalue weighted by Gasteiger charge is 2.17. The largest absolute Gasteiger partial charge is 0.382 e. The lowest BCUT2D eigenvalue weighted by Crippen LogP contribution is -2.21. The van der Waals surface area contributed by atoms with Crippen LogP contribution in [0.4, 0.5) is 0 Å². The van der Waals surface area contributed by atoms with Gasteiger partial charge in [0, 0.05) is 7.11 Å². The molecule has 1 heterocycles. The van der Waals surface area contributed by atoms with Crippen LogP contribution in [-0.4, -0.2) is 37.1 Å². The number of rotatable bonds is 9. The summed E-state index contributed by atoms with van der Waals surface area (Å²) in [6.45, 7) is 4.61. The molecule has 0 radical (unpaired) electrons. The van der Waals surface area contributed by atoms with Gasteiger partial charge in [0.05, 0.1) is 19.3 Å². The Morgan fingerprint density at radius 2 is 2.00 bits per heavy atom. The number of hydrogen-bond acceptors (Lipinski definition) is 6. The smallest absolute Gasteiger partial charge is 0.143 e. The number of aromatic nitrogens is 2. The van der Waals surface area contributed by atoms with Crippen molar-refractivity contribution in [3.8, 4) is 0 Å². The first-order valence-corrected chi connectivity index (χ1v) is 7.84. The predicted molar refractivity (Wildman–Crippen MR) is 83.4 cm³/mol. The molecule has 1 aromatic carbocycles. The molecular formula is C15H21N3O2S. The van der Waals surface area contributed by atoms with Crippen molar-refractivity contribution in [1.29, 1.82) is 0 Å². The SMILES string of the molecule is CCNC(c1ccccc1)c1nnc(COCCOC)s1. The molecule has 21 heavy (non-hydrogen) atoms. The standard InChI is InChI=1S/C15H21N3O2S/c1-3-16-14(12-7-5-4-6-8-12)15-18-17-13(21-15)11-20-10-9-19-2/h4-8,14,16H,3,9-11H2,1-2H3. The first-order valence-electron chi connectivity index (χ1n) is 7.02. The first-order chi connectivity index (χ1) is 10.3. The number of nitrogens with zero attached hydrogens (tertiary/aromatic N) is 2. The van der Waals surface area contributed by atoms with E-state index in [2.05, 4.69) is 34.6 Å². The fourth-order valence-electron chi connectivity index (χ4n) is 1.94. The molecule has 1 aromatic heterocycles. The summed E-state index contributed by atoms with van der Waals surface area (Å²) < 4.78 is 10.4. The summed E-state index contributed by atoms with van der Waals surface area (Å²) in [6.07, 6.45) is 0. The molecule has 0 amide bonds. The maximum absolute atomic E-state index is 5.48. The zero-order valence-corrected chi connectivity index (χ0v) is 13.2. The van der Waals surface area contributed by atoms with Crippen LogP contribution in [0.25, 0.3) is 0 Å². The highest BCUT2D eigenvalue weighted by atomic mass is 32.1. The molecule has 0 saturated carbocycles. The lowest BCUT2D eigenvalue weighted by Gasteiger charge is -2.14. The molecule has 1 unspecified atom stereocenters. The summed E-state index contributed by atoms with van der Waals surface area (Å²) in [5.41, 5.74) is 1.20. The van der Waals surface area contributed by atoms with Gasteiger partial charge in [0.15, 0.2) is 0 Å². The van der Waals surface area contributed by atoms with E-state index in [1.54, 1.807) is 18.4 Å². The normalized spacial score (nSPS) is 12.5. The molecule has 0 saturated heterocycles. The van der Waals surface area contributed by atoms with E-state index < -0.39 is 0 Å². The number of nitrogens with one attached hydrogen (secondary N) is 1.